The summed E-state index contributed by atoms with van der Waals surface area (Å²) in [6.07, 6.45) is 9.69. The highest BCUT2D eigenvalue weighted by atomic mass is 15.3. The van der Waals surface area contributed by atoms with Gasteiger partial charge in [0.05, 0.1) is 0 Å². The van der Waals surface area contributed by atoms with Crippen molar-refractivity contribution in [1.29, 1.82) is 0 Å². The molecule has 0 aromatic heterocycles. The van der Waals surface area contributed by atoms with Crippen LogP contribution in [0.15, 0.2) is 0 Å². The van der Waals surface area contributed by atoms with E-state index in [0.29, 0.717) is 23.0 Å². The molecular formula is C22H42N4. The van der Waals surface area contributed by atoms with Crippen molar-refractivity contribution in [1.82, 2.24) is 20.4 Å². The lowest BCUT2D eigenvalue weighted by Crippen LogP contribution is -2.65. The highest BCUT2D eigenvalue weighted by Crippen LogP contribution is 2.45. The van der Waals surface area contributed by atoms with Gasteiger partial charge in [-0.1, -0.05) is 0 Å². The minimum absolute atomic E-state index is 0.442. The van der Waals surface area contributed by atoms with Gasteiger partial charge in [0.15, 0.2) is 0 Å². The third-order valence-electron chi connectivity index (χ3n) is 8.28. The van der Waals surface area contributed by atoms with Crippen LogP contribution in [-0.4, -0.2) is 72.2 Å². The third-order valence-corrected chi connectivity index (χ3v) is 8.28. The van der Waals surface area contributed by atoms with E-state index in [0.717, 1.165) is 12.1 Å². The van der Waals surface area contributed by atoms with Gasteiger partial charge in [0.1, 0.15) is 0 Å². The highest BCUT2D eigenvalue weighted by Gasteiger charge is 2.50. The first-order chi connectivity index (χ1) is 12.4. The lowest BCUT2D eigenvalue weighted by atomic mass is 9.69. The second-order valence-corrected chi connectivity index (χ2v) is 10.4. The first-order valence-corrected chi connectivity index (χ1v) is 11.4. The zero-order chi connectivity index (χ0) is 18.4. The topological polar surface area (TPSA) is 30.5 Å². The Balaban J connectivity index is 1.61. The first-order valence-electron chi connectivity index (χ1n) is 11.4. The maximum absolute atomic E-state index is 3.95. The van der Waals surface area contributed by atoms with E-state index in [1.165, 1.54) is 77.7 Å². The lowest BCUT2D eigenvalue weighted by molar-refractivity contribution is -0.0495. The predicted octanol–water partition coefficient (Wildman–Crippen LogP) is 2.83. The number of hydrogen-bond donors (Lipinski definition) is 2. The normalized spacial score (nSPS) is 42.7. The number of rotatable bonds is 3. The average molecular weight is 363 g/mol. The largest absolute Gasteiger partial charge is 0.316 e. The number of nitrogens with one attached hydrogen (secondary N) is 2. The molecule has 2 spiro atoms. The molecule has 4 rings (SSSR count). The fraction of sp³-hybridized carbons (Fsp3) is 1.00. The number of piperidine rings is 2. The monoisotopic (exact) mass is 362 g/mol. The average Bonchev–Trinajstić information content (AvgIpc) is 3.24. The van der Waals surface area contributed by atoms with E-state index >= 15 is 0 Å². The Kier molecular flexibility index (Phi) is 5.42. The molecule has 0 radical (unpaired) electrons. The molecule has 150 valence electrons. The number of hydrogen-bond acceptors (Lipinski definition) is 4. The Labute approximate surface area is 161 Å². The zero-order valence-electron chi connectivity index (χ0n) is 17.7. The maximum Gasteiger partial charge on any atom is 0.0272 e. The fourth-order valence-electron chi connectivity index (χ4n) is 6.76. The van der Waals surface area contributed by atoms with Crippen molar-refractivity contribution in [3.05, 3.63) is 0 Å². The van der Waals surface area contributed by atoms with E-state index in [4.69, 9.17) is 0 Å². The van der Waals surface area contributed by atoms with E-state index in [9.17, 15) is 0 Å². The van der Waals surface area contributed by atoms with Crippen LogP contribution in [0.5, 0.6) is 0 Å². The summed E-state index contributed by atoms with van der Waals surface area (Å²) >= 11 is 0. The molecule has 0 aromatic carbocycles. The molecule has 4 fully saturated rings. The van der Waals surface area contributed by atoms with Crippen LogP contribution >= 0.6 is 0 Å². The van der Waals surface area contributed by atoms with Crippen molar-refractivity contribution in [3.63, 3.8) is 0 Å². The molecule has 4 atom stereocenters. The van der Waals surface area contributed by atoms with Gasteiger partial charge in [-0.3, -0.25) is 9.80 Å². The molecule has 4 aliphatic rings. The Morgan fingerprint density at radius 2 is 1.50 bits per heavy atom. The molecule has 0 aliphatic carbocycles. The van der Waals surface area contributed by atoms with Crippen molar-refractivity contribution in [2.75, 3.05) is 32.7 Å². The molecule has 2 N–H and O–H groups in total. The third kappa shape index (κ3) is 3.47. The van der Waals surface area contributed by atoms with Crippen LogP contribution in [-0.2, 0) is 0 Å². The van der Waals surface area contributed by atoms with Crippen LogP contribution in [0.2, 0.25) is 0 Å². The van der Waals surface area contributed by atoms with E-state index in [1.807, 2.05) is 0 Å². The van der Waals surface area contributed by atoms with Gasteiger partial charge in [-0.2, -0.15) is 0 Å². The molecule has 26 heavy (non-hydrogen) atoms. The Bertz CT molecular complexity index is 433. The van der Waals surface area contributed by atoms with Gasteiger partial charge in [0, 0.05) is 42.8 Å². The SMILES string of the molecule is CC(C)N1CCC2(CCNC2)CC1C1CC2(CCCN2)CCN1C(C)C. The van der Waals surface area contributed by atoms with Crippen LogP contribution in [0, 0.1) is 5.41 Å². The molecule has 0 saturated carbocycles. The Hall–Kier alpha value is -0.160. The van der Waals surface area contributed by atoms with Crippen molar-refractivity contribution < 1.29 is 0 Å². The highest BCUT2D eigenvalue weighted by molar-refractivity contribution is 5.08. The summed E-state index contributed by atoms with van der Waals surface area (Å²) in [6.45, 7) is 16.0. The van der Waals surface area contributed by atoms with Gasteiger partial charge in [0.25, 0.3) is 0 Å². The van der Waals surface area contributed by atoms with Crippen molar-refractivity contribution >= 4 is 0 Å². The molecular weight excluding hydrogens is 320 g/mol. The number of likely N-dealkylation sites (tertiary alicyclic amines) is 2. The van der Waals surface area contributed by atoms with Crippen LogP contribution in [0.25, 0.3) is 0 Å². The summed E-state index contributed by atoms with van der Waals surface area (Å²) in [4.78, 5) is 5.74. The van der Waals surface area contributed by atoms with Crippen LogP contribution in [0.3, 0.4) is 0 Å². The molecule has 4 heteroatoms. The summed E-state index contributed by atoms with van der Waals surface area (Å²) < 4.78 is 0. The summed E-state index contributed by atoms with van der Waals surface area (Å²) in [6, 6.07) is 2.77. The first kappa shape index (κ1) is 19.2. The summed E-state index contributed by atoms with van der Waals surface area (Å²) in [5.74, 6) is 0. The Morgan fingerprint density at radius 1 is 0.808 bits per heavy atom. The molecule has 4 saturated heterocycles. The van der Waals surface area contributed by atoms with Gasteiger partial charge in [0.2, 0.25) is 0 Å². The van der Waals surface area contributed by atoms with Crippen LogP contribution < -0.4 is 10.6 Å². The molecule has 4 unspecified atom stereocenters. The molecule has 4 nitrogen and oxygen atoms in total. The van der Waals surface area contributed by atoms with E-state index < -0.39 is 0 Å². The van der Waals surface area contributed by atoms with Crippen LogP contribution in [0.4, 0.5) is 0 Å². The summed E-state index contributed by atoms with van der Waals surface area (Å²) in [7, 11) is 0. The second-order valence-electron chi connectivity index (χ2n) is 10.4. The smallest absolute Gasteiger partial charge is 0.0272 e. The van der Waals surface area contributed by atoms with E-state index in [-0.39, 0.29) is 0 Å². The van der Waals surface area contributed by atoms with Crippen molar-refractivity contribution in [3.8, 4) is 0 Å². The van der Waals surface area contributed by atoms with Gasteiger partial charge < -0.3 is 10.6 Å². The molecule has 0 bridgehead atoms. The second kappa shape index (κ2) is 7.35. The quantitative estimate of drug-likeness (QED) is 0.808. The lowest BCUT2D eigenvalue weighted by Gasteiger charge is -2.56. The molecule has 4 heterocycles. The summed E-state index contributed by atoms with van der Waals surface area (Å²) in [5, 5.41) is 7.64. The minimum Gasteiger partial charge on any atom is -0.316 e. The van der Waals surface area contributed by atoms with Crippen LogP contribution in [0.1, 0.15) is 72.6 Å². The predicted molar refractivity (Wildman–Crippen MR) is 110 cm³/mol. The standard InChI is InChI=1S/C22H42N4/c1-17(2)25-12-8-21(7-11-23-16-21)14-19(25)20-15-22(6-5-10-24-22)9-13-26(20)18(3)4/h17-20,23-24H,5-16H2,1-4H3. The fourth-order valence-corrected chi connectivity index (χ4v) is 6.76. The van der Waals surface area contributed by atoms with Gasteiger partial charge in [-0.15, -0.1) is 0 Å². The van der Waals surface area contributed by atoms with Crippen molar-refractivity contribution in [2.45, 2.75) is 102 Å². The van der Waals surface area contributed by atoms with Crippen molar-refractivity contribution in [2.24, 2.45) is 5.41 Å². The minimum atomic E-state index is 0.442. The van der Waals surface area contributed by atoms with E-state index in [1.54, 1.807) is 0 Å². The molecule has 0 amide bonds. The molecule has 0 aromatic rings. The zero-order valence-corrected chi connectivity index (χ0v) is 17.7. The molecule has 4 aliphatic heterocycles. The summed E-state index contributed by atoms with van der Waals surface area (Å²) in [5.41, 5.74) is 1.02. The Morgan fingerprint density at radius 3 is 2.08 bits per heavy atom. The van der Waals surface area contributed by atoms with Gasteiger partial charge >= 0.3 is 0 Å². The van der Waals surface area contributed by atoms with Gasteiger partial charge in [-0.05, 0) is 97.7 Å². The number of nitrogens with zero attached hydrogens (tertiary/aromatic N) is 2. The maximum atomic E-state index is 3.95. The van der Waals surface area contributed by atoms with E-state index in [2.05, 4.69) is 48.1 Å². The van der Waals surface area contributed by atoms with Gasteiger partial charge in [-0.25, -0.2) is 0 Å².